The number of ether oxygens (including phenoxy) is 2. The highest BCUT2D eigenvalue weighted by Gasteiger charge is 1.97. The maximum absolute atomic E-state index is 9.87. The summed E-state index contributed by atoms with van der Waals surface area (Å²) in [5, 5.41) is 0. The molecule has 0 N–H and O–H groups in total. The molecule has 0 radical (unpaired) electrons. The first-order valence-electron chi connectivity index (χ1n) is 2.53. The SMILES string of the molecule is O=CCC1=COC=CO1. The molecule has 0 aromatic rings. The zero-order valence-corrected chi connectivity index (χ0v) is 4.74. The molecule has 0 unspecified atom stereocenters. The van der Waals surface area contributed by atoms with Gasteiger partial charge in [-0.2, -0.15) is 0 Å². The fourth-order valence-electron chi connectivity index (χ4n) is 0.469. The van der Waals surface area contributed by atoms with Crippen molar-refractivity contribution in [2.75, 3.05) is 0 Å². The van der Waals surface area contributed by atoms with E-state index in [-0.39, 0.29) is 6.42 Å². The molecule has 1 aliphatic heterocycles. The molecule has 0 spiro atoms. The highest BCUT2D eigenvalue weighted by atomic mass is 16.5. The molecule has 0 fully saturated rings. The van der Waals surface area contributed by atoms with Gasteiger partial charge < -0.3 is 14.3 Å². The number of rotatable bonds is 2. The molecule has 48 valence electrons. The Balaban J connectivity index is 2.40. The first-order chi connectivity index (χ1) is 4.43. The van der Waals surface area contributed by atoms with Crippen molar-refractivity contribution in [1.82, 2.24) is 0 Å². The Kier molecular flexibility index (Phi) is 1.90. The van der Waals surface area contributed by atoms with E-state index in [1.54, 1.807) is 0 Å². The Morgan fingerprint density at radius 1 is 1.56 bits per heavy atom. The van der Waals surface area contributed by atoms with E-state index in [1.165, 1.54) is 18.8 Å². The maximum atomic E-state index is 9.87. The summed E-state index contributed by atoms with van der Waals surface area (Å²) in [4.78, 5) is 9.87. The molecule has 1 rings (SSSR count). The zero-order valence-electron chi connectivity index (χ0n) is 4.74. The van der Waals surface area contributed by atoms with Crippen LogP contribution in [0.2, 0.25) is 0 Å². The normalized spacial score (nSPS) is 15.3. The molecular weight excluding hydrogens is 120 g/mol. The van der Waals surface area contributed by atoms with Crippen molar-refractivity contribution < 1.29 is 14.3 Å². The van der Waals surface area contributed by atoms with Crippen molar-refractivity contribution in [2.45, 2.75) is 6.42 Å². The second-order valence-electron chi connectivity index (χ2n) is 1.48. The number of hydrogen-bond donors (Lipinski definition) is 0. The van der Waals surface area contributed by atoms with E-state index in [4.69, 9.17) is 9.47 Å². The van der Waals surface area contributed by atoms with E-state index < -0.39 is 0 Å². The van der Waals surface area contributed by atoms with Crippen LogP contribution in [0.3, 0.4) is 0 Å². The van der Waals surface area contributed by atoms with E-state index >= 15 is 0 Å². The second-order valence-corrected chi connectivity index (χ2v) is 1.48. The van der Waals surface area contributed by atoms with Gasteiger partial charge in [0.25, 0.3) is 0 Å². The highest BCUT2D eigenvalue weighted by molar-refractivity contribution is 5.53. The van der Waals surface area contributed by atoms with Gasteiger partial charge in [-0.25, -0.2) is 0 Å². The van der Waals surface area contributed by atoms with Crippen LogP contribution in [0.4, 0.5) is 0 Å². The molecule has 1 aliphatic rings. The molecule has 9 heavy (non-hydrogen) atoms. The lowest BCUT2D eigenvalue weighted by atomic mass is 10.4. The molecule has 0 aliphatic carbocycles. The van der Waals surface area contributed by atoms with Crippen LogP contribution in [0.5, 0.6) is 0 Å². The lowest BCUT2D eigenvalue weighted by molar-refractivity contribution is -0.107. The van der Waals surface area contributed by atoms with Crippen molar-refractivity contribution in [2.24, 2.45) is 0 Å². The van der Waals surface area contributed by atoms with Gasteiger partial charge in [0.1, 0.15) is 30.8 Å². The summed E-state index contributed by atoms with van der Waals surface area (Å²) in [6.45, 7) is 0. The second kappa shape index (κ2) is 2.91. The minimum absolute atomic E-state index is 0.268. The van der Waals surface area contributed by atoms with Gasteiger partial charge in [-0.3, -0.25) is 0 Å². The van der Waals surface area contributed by atoms with Crippen LogP contribution in [-0.2, 0) is 14.3 Å². The van der Waals surface area contributed by atoms with Crippen molar-refractivity contribution in [3.05, 3.63) is 24.5 Å². The van der Waals surface area contributed by atoms with Crippen LogP contribution in [0.15, 0.2) is 24.5 Å². The van der Waals surface area contributed by atoms with E-state index in [2.05, 4.69) is 0 Å². The van der Waals surface area contributed by atoms with E-state index in [1.807, 2.05) is 0 Å². The quantitative estimate of drug-likeness (QED) is 0.516. The molecule has 3 heteroatoms. The summed E-state index contributed by atoms with van der Waals surface area (Å²) in [7, 11) is 0. The van der Waals surface area contributed by atoms with Crippen LogP contribution < -0.4 is 0 Å². The number of carbonyl (C=O) groups excluding carboxylic acids is 1. The first kappa shape index (κ1) is 5.88. The molecule has 0 aromatic carbocycles. The maximum Gasteiger partial charge on any atom is 0.145 e. The van der Waals surface area contributed by atoms with Crippen LogP contribution in [0.1, 0.15) is 6.42 Å². The fraction of sp³-hybridized carbons (Fsp3) is 0.167. The fourth-order valence-corrected chi connectivity index (χ4v) is 0.469. The van der Waals surface area contributed by atoms with Gasteiger partial charge in [-0.1, -0.05) is 0 Å². The first-order valence-corrected chi connectivity index (χ1v) is 2.53. The molecular formula is C6H6O3. The van der Waals surface area contributed by atoms with Gasteiger partial charge in [0.15, 0.2) is 0 Å². The lowest BCUT2D eigenvalue weighted by Crippen LogP contribution is -1.91. The largest absolute Gasteiger partial charge is 0.466 e. The number of aldehydes is 1. The van der Waals surface area contributed by atoms with Crippen LogP contribution in [0, 0.1) is 0 Å². The van der Waals surface area contributed by atoms with Crippen LogP contribution in [0.25, 0.3) is 0 Å². The predicted molar refractivity (Wildman–Crippen MR) is 30.1 cm³/mol. The van der Waals surface area contributed by atoms with Crippen molar-refractivity contribution >= 4 is 6.29 Å². The van der Waals surface area contributed by atoms with Crippen LogP contribution in [-0.4, -0.2) is 6.29 Å². The Morgan fingerprint density at radius 3 is 3.00 bits per heavy atom. The van der Waals surface area contributed by atoms with Crippen molar-refractivity contribution in [1.29, 1.82) is 0 Å². The molecule has 0 atom stereocenters. The van der Waals surface area contributed by atoms with Gasteiger partial charge in [-0.15, -0.1) is 0 Å². The lowest BCUT2D eigenvalue weighted by Gasteiger charge is -2.05. The summed E-state index contributed by atoms with van der Waals surface area (Å²) in [5.41, 5.74) is 0. The van der Waals surface area contributed by atoms with Crippen molar-refractivity contribution in [3.8, 4) is 0 Å². The average molecular weight is 126 g/mol. The van der Waals surface area contributed by atoms with Crippen molar-refractivity contribution in [3.63, 3.8) is 0 Å². The highest BCUT2D eigenvalue weighted by Crippen LogP contribution is 2.06. The molecule has 0 saturated carbocycles. The number of carbonyl (C=O) groups is 1. The van der Waals surface area contributed by atoms with Gasteiger partial charge in [-0.05, 0) is 0 Å². The number of hydrogen-bond acceptors (Lipinski definition) is 3. The summed E-state index contributed by atoms with van der Waals surface area (Å²) in [6, 6.07) is 0. The monoisotopic (exact) mass is 126 g/mol. The van der Waals surface area contributed by atoms with Gasteiger partial charge >= 0.3 is 0 Å². The smallest absolute Gasteiger partial charge is 0.145 e. The molecule has 0 amide bonds. The Hall–Kier alpha value is -1.25. The summed E-state index contributed by atoms with van der Waals surface area (Å²) in [5.74, 6) is 0.535. The Morgan fingerprint density at radius 2 is 2.44 bits per heavy atom. The van der Waals surface area contributed by atoms with Crippen LogP contribution >= 0.6 is 0 Å². The minimum atomic E-state index is 0.268. The van der Waals surface area contributed by atoms with Gasteiger partial charge in [0, 0.05) is 0 Å². The number of allylic oxidation sites excluding steroid dienone is 1. The third-order valence-corrected chi connectivity index (χ3v) is 0.838. The Bertz CT molecular complexity index is 154. The third kappa shape index (κ3) is 1.60. The summed E-state index contributed by atoms with van der Waals surface area (Å²) < 4.78 is 9.55. The van der Waals surface area contributed by atoms with E-state index in [9.17, 15) is 4.79 Å². The summed E-state index contributed by atoms with van der Waals surface area (Å²) in [6.07, 6.45) is 5.21. The molecule has 1 heterocycles. The van der Waals surface area contributed by atoms with Gasteiger partial charge in [0.05, 0.1) is 6.42 Å². The van der Waals surface area contributed by atoms with E-state index in [0.29, 0.717) is 5.76 Å². The summed E-state index contributed by atoms with van der Waals surface area (Å²) >= 11 is 0. The molecule has 0 bridgehead atoms. The van der Waals surface area contributed by atoms with Gasteiger partial charge in [0.2, 0.25) is 0 Å². The molecule has 0 aromatic heterocycles. The molecule has 3 nitrogen and oxygen atoms in total. The minimum Gasteiger partial charge on any atom is -0.466 e. The zero-order chi connectivity index (χ0) is 6.53. The predicted octanol–water partition coefficient (Wildman–Crippen LogP) is 0.935. The van der Waals surface area contributed by atoms with E-state index in [0.717, 1.165) is 6.29 Å². The third-order valence-electron chi connectivity index (χ3n) is 0.838. The Labute approximate surface area is 52.6 Å². The molecule has 0 saturated heterocycles. The standard InChI is InChI=1S/C6H6O3/c7-2-1-6-5-8-3-4-9-6/h2-5H,1H2. The average Bonchev–Trinajstić information content (AvgIpc) is 1.91. The topological polar surface area (TPSA) is 35.5 Å².